The van der Waals surface area contributed by atoms with Gasteiger partial charge in [0.1, 0.15) is 0 Å². The van der Waals surface area contributed by atoms with Crippen LogP contribution >= 0.6 is 0 Å². The Morgan fingerprint density at radius 3 is 3.07 bits per heavy atom. The van der Waals surface area contributed by atoms with Crippen molar-refractivity contribution in [2.75, 3.05) is 6.54 Å². The fourth-order valence-corrected chi connectivity index (χ4v) is 1.91. The maximum atomic E-state index is 6.02. The molecule has 0 aromatic carbocycles. The summed E-state index contributed by atoms with van der Waals surface area (Å²) in [5, 5.41) is 0. The Labute approximate surface area is 84.9 Å². The molecule has 1 atom stereocenters. The quantitative estimate of drug-likeness (QED) is 0.767. The molecular formula is C11H17N3. The molecule has 1 fully saturated rings. The predicted molar refractivity (Wildman–Crippen MR) is 56.5 cm³/mol. The molecule has 2 heterocycles. The first-order chi connectivity index (χ1) is 6.86. The van der Waals surface area contributed by atoms with Crippen molar-refractivity contribution in [1.29, 1.82) is 0 Å². The average molecular weight is 191 g/mol. The number of rotatable bonds is 2. The summed E-state index contributed by atoms with van der Waals surface area (Å²) in [7, 11) is 0. The van der Waals surface area contributed by atoms with Crippen LogP contribution in [0, 0.1) is 0 Å². The molecule has 0 spiro atoms. The van der Waals surface area contributed by atoms with Crippen molar-refractivity contribution in [3.05, 3.63) is 30.1 Å². The predicted octanol–water partition coefficient (Wildman–Crippen LogP) is 1.35. The first-order valence-corrected chi connectivity index (χ1v) is 5.26. The van der Waals surface area contributed by atoms with Crippen molar-refractivity contribution < 1.29 is 0 Å². The van der Waals surface area contributed by atoms with E-state index >= 15 is 0 Å². The van der Waals surface area contributed by atoms with Gasteiger partial charge in [-0.05, 0) is 31.4 Å². The Hall–Kier alpha value is -0.930. The Kier molecular flexibility index (Phi) is 3.11. The zero-order valence-corrected chi connectivity index (χ0v) is 8.39. The number of likely N-dealkylation sites (tertiary alicyclic amines) is 1. The van der Waals surface area contributed by atoms with Crippen LogP contribution in [0.4, 0.5) is 0 Å². The van der Waals surface area contributed by atoms with Gasteiger partial charge in [0.2, 0.25) is 0 Å². The number of pyridine rings is 1. The minimum Gasteiger partial charge on any atom is -0.316 e. The molecule has 0 saturated carbocycles. The molecule has 0 radical (unpaired) electrons. The van der Waals surface area contributed by atoms with E-state index in [1.807, 2.05) is 18.3 Å². The zero-order valence-electron chi connectivity index (χ0n) is 8.39. The van der Waals surface area contributed by atoms with Gasteiger partial charge in [0, 0.05) is 19.3 Å². The van der Waals surface area contributed by atoms with Crippen molar-refractivity contribution in [2.45, 2.75) is 32.0 Å². The molecule has 1 aliphatic rings. The molecule has 1 aliphatic heterocycles. The second-order valence-corrected chi connectivity index (χ2v) is 3.85. The van der Waals surface area contributed by atoms with E-state index in [2.05, 4.69) is 16.0 Å². The zero-order chi connectivity index (χ0) is 9.80. The van der Waals surface area contributed by atoms with Crippen LogP contribution in [0.5, 0.6) is 0 Å². The highest BCUT2D eigenvalue weighted by molar-refractivity contribution is 5.03. The summed E-state index contributed by atoms with van der Waals surface area (Å²) in [5.74, 6) is 0. The van der Waals surface area contributed by atoms with E-state index in [0.717, 1.165) is 25.2 Å². The van der Waals surface area contributed by atoms with Crippen molar-refractivity contribution in [3.63, 3.8) is 0 Å². The molecule has 76 valence electrons. The van der Waals surface area contributed by atoms with Gasteiger partial charge >= 0.3 is 0 Å². The van der Waals surface area contributed by atoms with Crippen LogP contribution in [0.3, 0.4) is 0 Å². The van der Waals surface area contributed by atoms with Gasteiger partial charge in [-0.25, -0.2) is 0 Å². The SMILES string of the molecule is NC1CCCCN1Cc1ccccn1. The van der Waals surface area contributed by atoms with Gasteiger partial charge in [-0.15, -0.1) is 0 Å². The number of nitrogens with zero attached hydrogens (tertiary/aromatic N) is 2. The Morgan fingerprint density at radius 2 is 2.36 bits per heavy atom. The summed E-state index contributed by atoms with van der Waals surface area (Å²) in [6.45, 7) is 2.00. The summed E-state index contributed by atoms with van der Waals surface area (Å²) in [6, 6.07) is 6.03. The lowest BCUT2D eigenvalue weighted by Crippen LogP contribution is -2.44. The van der Waals surface area contributed by atoms with Crippen LogP contribution in [0.2, 0.25) is 0 Å². The number of hydrogen-bond donors (Lipinski definition) is 1. The van der Waals surface area contributed by atoms with Gasteiger partial charge in [-0.2, -0.15) is 0 Å². The van der Waals surface area contributed by atoms with Gasteiger partial charge in [0.15, 0.2) is 0 Å². The Morgan fingerprint density at radius 1 is 1.43 bits per heavy atom. The highest BCUT2D eigenvalue weighted by Gasteiger charge is 2.18. The van der Waals surface area contributed by atoms with Gasteiger partial charge in [-0.3, -0.25) is 9.88 Å². The second kappa shape index (κ2) is 4.53. The lowest BCUT2D eigenvalue weighted by molar-refractivity contribution is 0.142. The van der Waals surface area contributed by atoms with E-state index in [1.165, 1.54) is 12.8 Å². The molecule has 2 N–H and O–H groups in total. The number of piperidine rings is 1. The molecule has 0 aliphatic carbocycles. The summed E-state index contributed by atoms with van der Waals surface area (Å²) in [4.78, 5) is 6.62. The first kappa shape index (κ1) is 9.62. The average Bonchev–Trinajstić information content (AvgIpc) is 2.23. The molecule has 1 aromatic heterocycles. The van der Waals surface area contributed by atoms with Gasteiger partial charge in [-0.1, -0.05) is 6.07 Å². The maximum absolute atomic E-state index is 6.02. The first-order valence-electron chi connectivity index (χ1n) is 5.26. The van der Waals surface area contributed by atoms with E-state index in [0.29, 0.717) is 0 Å². The van der Waals surface area contributed by atoms with Crippen molar-refractivity contribution in [3.8, 4) is 0 Å². The van der Waals surface area contributed by atoms with E-state index in [-0.39, 0.29) is 6.17 Å². The maximum Gasteiger partial charge on any atom is 0.0575 e. The summed E-state index contributed by atoms with van der Waals surface area (Å²) in [5.41, 5.74) is 7.14. The normalized spacial score (nSPS) is 23.6. The van der Waals surface area contributed by atoms with Crippen LogP contribution in [0.1, 0.15) is 25.0 Å². The van der Waals surface area contributed by atoms with Gasteiger partial charge in [0.25, 0.3) is 0 Å². The fraction of sp³-hybridized carbons (Fsp3) is 0.545. The number of hydrogen-bond acceptors (Lipinski definition) is 3. The third-order valence-electron chi connectivity index (χ3n) is 2.76. The largest absolute Gasteiger partial charge is 0.316 e. The van der Waals surface area contributed by atoms with E-state index in [4.69, 9.17) is 5.73 Å². The summed E-state index contributed by atoms with van der Waals surface area (Å²) in [6.07, 6.45) is 5.71. The van der Waals surface area contributed by atoms with Crippen molar-refractivity contribution in [2.24, 2.45) is 5.73 Å². The molecule has 0 bridgehead atoms. The van der Waals surface area contributed by atoms with Crippen LogP contribution < -0.4 is 5.73 Å². The second-order valence-electron chi connectivity index (χ2n) is 3.85. The van der Waals surface area contributed by atoms with E-state index < -0.39 is 0 Å². The highest BCUT2D eigenvalue weighted by atomic mass is 15.2. The van der Waals surface area contributed by atoms with Crippen molar-refractivity contribution in [1.82, 2.24) is 9.88 Å². The molecule has 3 nitrogen and oxygen atoms in total. The van der Waals surface area contributed by atoms with E-state index in [9.17, 15) is 0 Å². The summed E-state index contributed by atoms with van der Waals surface area (Å²) < 4.78 is 0. The van der Waals surface area contributed by atoms with Crippen LogP contribution in [0.25, 0.3) is 0 Å². The molecule has 3 heteroatoms. The van der Waals surface area contributed by atoms with Gasteiger partial charge < -0.3 is 5.73 Å². The minimum atomic E-state index is 0.228. The number of nitrogens with two attached hydrogens (primary N) is 1. The van der Waals surface area contributed by atoms with Crippen molar-refractivity contribution >= 4 is 0 Å². The Bertz CT molecular complexity index is 273. The standard InChI is InChI=1S/C11H17N3/c12-11-6-2-4-8-14(11)9-10-5-1-3-7-13-10/h1,3,5,7,11H,2,4,6,8-9,12H2. The van der Waals surface area contributed by atoms with Gasteiger partial charge in [0.05, 0.1) is 11.9 Å². The fourth-order valence-electron chi connectivity index (χ4n) is 1.91. The molecular weight excluding hydrogens is 174 g/mol. The topological polar surface area (TPSA) is 42.1 Å². The lowest BCUT2D eigenvalue weighted by Gasteiger charge is -2.32. The van der Waals surface area contributed by atoms with Crippen LogP contribution in [0.15, 0.2) is 24.4 Å². The third-order valence-corrected chi connectivity index (χ3v) is 2.76. The molecule has 0 amide bonds. The van der Waals surface area contributed by atoms with E-state index in [1.54, 1.807) is 0 Å². The molecule has 1 unspecified atom stereocenters. The van der Waals surface area contributed by atoms with Crippen LogP contribution in [-0.2, 0) is 6.54 Å². The minimum absolute atomic E-state index is 0.228. The lowest BCUT2D eigenvalue weighted by atomic mass is 10.1. The Balaban J connectivity index is 1.96. The third kappa shape index (κ3) is 2.30. The molecule has 14 heavy (non-hydrogen) atoms. The smallest absolute Gasteiger partial charge is 0.0575 e. The number of aromatic nitrogens is 1. The molecule has 1 aromatic rings. The summed E-state index contributed by atoms with van der Waals surface area (Å²) >= 11 is 0. The molecule has 2 rings (SSSR count). The monoisotopic (exact) mass is 191 g/mol. The highest BCUT2D eigenvalue weighted by Crippen LogP contribution is 2.15. The molecule has 1 saturated heterocycles. The van der Waals surface area contributed by atoms with Crippen LogP contribution in [-0.4, -0.2) is 22.6 Å².